The largest absolute Gasteiger partial charge is 0.454 e. The van der Waals surface area contributed by atoms with Gasteiger partial charge in [0.15, 0.2) is 23.1 Å². The number of ether oxygens (including phenoxy) is 2. The van der Waals surface area contributed by atoms with Gasteiger partial charge in [-0.25, -0.2) is 0 Å². The van der Waals surface area contributed by atoms with Crippen LogP contribution in [0.25, 0.3) is 0 Å². The Morgan fingerprint density at radius 2 is 1.70 bits per heavy atom. The van der Waals surface area contributed by atoms with E-state index in [-0.39, 0.29) is 12.7 Å². The fourth-order valence-electron chi connectivity index (χ4n) is 3.49. The summed E-state index contributed by atoms with van der Waals surface area (Å²) in [4.78, 5) is 20.8. The lowest BCUT2D eigenvalue weighted by atomic mass is 10.1. The lowest BCUT2D eigenvalue weighted by Crippen LogP contribution is -2.49. The van der Waals surface area contributed by atoms with E-state index < -0.39 is 0 Å². The molecule has 2 aromatic heterocycles. The average molecular weight is 404 g/mol. The van der Waals surface area contributed by atoms with E-state index in [0.29, 0.717) is 49.1 Å². The van der Waals surface area contributed by atoms with Crippen LogP contribution in [0.15, 0.2) is 54.9 Å². The fraction of sp³-hybridized carbons (Fsp3) is 0.238. The lowest BCUT2D eigenvalue weighted by Gasteiger charge is -2.35. The zero-order valence-corrected chi connectivity index (χ0v) is 16.2. The van der Waals surface area contributed by atoms with Crippen molar-refractivity contribution in [3.63, 3.8) is 0 Å². The highest BCUT2D eigenvalue weighted by Crippen LogP contribution is 2.33. The van der Waals surface area contributed by atoms with Gasteiger partial charge >= 0.3 is 0 Å². The van der Waals surface area contributed by atoms with E-state index in [1.54, 1.807) is 30.6 Å². The van der Waals surface area contributed by atoms with Crippen molar-refractivity contribution in [3.8, 4) is 11.5 Å². The number of rotatable bonds is 4. The SMILES string of the molecule is O=C(c1ccc2c(c1)OCO2)N1CCN(c2ccc(Nc3ccncc3)nn2)CC1. The van der Waals surface area contributed by atoms with Gasteiger partial charge in [-0.05, 0) is 42.5 Å². The van der Waals surface area contributed by atoms with Gasteiger partial charge in [0.25, 0.3) is 5.91 Å². The van der Waals surface area contributed by atoms with Crippen LogP contribution in [-0.2, 0) is 0 Å². The van der Waals surface area contributed by atoms with Crippen LogP contribution >= 0.6 is 0 Å². The number of aromatic nitrogens is 3. The third kappa shape index (κ3) is 3.69. The molecule has 0 radical (unpaired) electrons. The number of benzene rings is 1. The number of nitrogens with zero attached hydrogens (tertiary/aromatic N) is 5. The van der Waals surface area contributed by atoms with Crippen molar-refractivity contribution in [3.05, 3.63) is 60.4 Å². The maximum Gasteiger partial charge on any atom is 0.254 e. The van der Waals surface area contributed by atoms with Crippen LogP contribution < -0.4 is 19.7 Å². The second kappa shape index (κ2) is 7.86. The number of hydrogen-bond acceptors (Lipinski definition) is 8. The summed E-state index contributed by atoms with van der Waals surface area (Å²) in [5, 5.41) is 11.8. The molecular weight excluding hydrogens is 384 g/mol. The number of amides is 1. The summed E-state index contributed by atoms with van der Waals surface area (Å²) in [5.41, 5.74) is 1.52. The van der Waals surface area contributed by atoms with Crippen LogP contribution in [0.3, 0.4) is 0 Å². The molecule has 3 aromatic rings. The first kappa shape index (κ1) is 18.2. The predicted octanol–water partition coefficient (Wildman–Crippen LogP) is 2.31. The molecule has 30 heavy (non-hydrogen) atoms. The van der Waals surface area contributed by atoms with Gasteiger partial charge in [0.1, 0.15) is 0 Å². The molecule has 0 unspecified atom stereocenters. The molecule has 0 saturated carbocycles. The molecular formula is C21H20N6O3. The van der Waals surface area contributed by atoms with Crippen molar-refractivity contribution in [2.24, 2.45) is 0 Å². The van der Waals surface area contributed by atoms with Gasteiger partial charge in [-0.1, -0.05) is 0 Å². The standard InChI is InChI=1S/C21H20N6O3/c28-21(15-1-2-17-18(13-15)30-14-29-17)27-11-9-26(10-12-27)20-4-3-19(24-25-20)23-16-5-7-22-8-6-16/h1-8,13H,9-12,14H2,(H,22,23,24). The van der Waals surface area contributed by atoms with Crippen LogP contribution in [0, 0.1) is 0 Å². The van der Waals surface area contributed by atoms with Gasteiger partial charge in [-0.15, -0.1) is 10.2 Å². The molecule has 1 fully saturated rings. The Morgan fingerprint density at radius 1 is 0.900 bits per heavy atom. The Bertz CT molecular complexity index is 1040. The molecule has 9 nitrogen and oxygen atoms in total. The van der Waals surface area contributed by atoms with Crippen molar-refractivity contribution >= 4 is 23.2 Å². The van der Waals surface area contributed by atoms with E-state index in [9.17, 15) is 4.79 Å². The van der Waals surface area contributed by atoms with Crippen molar-refractivity contribution < 1.29 is 14.3 Å². The smallest absolute Gasteiger partial charge is 0.254 e. The highest BCUT2D eigenvalue weighted by Gasteiger charge is 2.24. The topological polar surface area (TPSA) is 92.7 Å². The highest BCUT2D eigenvalue weighted by molar-refractivity contribution is 5.95. The predicted molar refractivity (Wildman–Crippen MR) is 110 cm³/mol. The Hall–Kier alpha value is -3.88. The molecule has 4 heterocycles. The third-order valence-electron chi connectivity index (χ3n) is 5.11. The maximum atomic E-state index is 12.8. The Morgan fingerprint density at radius 3 is 2.47 bits per heavy atom. The van der Waals surface area contributed by atoms with E-state index in [1.165, 1.54) is 0 Å². The van der Waals surface area contributed by atoms with Gasteiger partial charge in [0.2, 0.25) is 6.79 Å². The number of hydrogen-bond donors (Lipinski definition) is 1. The number of nitrogens with one attached hydrogen (secondary N) is 1. The molecule has 152 valence electrons. The zero-order valence-electron chi connectivity index (χ0n) is 16.2. The molecule has 0 atom stereocenters. The summed E-state index contributed by atoms with van der Waals surface area (Å²) >= 11 is 0. The first-order valence-corrected chi connectivity index (χ1v) is 9.71. The van der Waals surface area contributed by atoms with Crippen molar-refractivity contribution in [2.75, 3.05) is 43.2 Å². The van der Waals surface area contributed by atoms with Gasteiger partial charge in [0.05, 0.1) is 0 Å². The minimum atomic E-state index is -0.00377. The number of fused-ring (bicyclic) bond motifs is 1. The van der Waals surface area contributed by atoms with Crippen molar-refractivity contribution in [1.82, 2.24) is 20.1 Å². The summed E-state index contributed by atoms with van der Waals surface area (Å²) < 4.78 is 10.7. The summed E-state index contributed by atoms with van der Waals surface area (Å²) in [6, 6.07) is 12.9. The monoisotopic (exact) mass is 404 g/mol. The van der Waals surface area contributed by atoms with Gasteiger partial charge in [-0.2, -0.15) is 0 Å². The molecule has 1 saturated heterocycles. The van der Waals surface area contributed by atoms with Crippen molar-refractivity contribution in [1.29, 1.82) is 0 Å². The Balaban J connectivity index is 1.19. The average Bonchev–Trinajstić information content (AvgIpc) is 3.28. The van der Waals surface area contributed by atoms with Crippen LogP contribution in [-0.4, -0.2) is 59.0 Å². The second-order valence-corrected chi connectivity index (χ2v) is 6.98. The maximum absolute atomic E-state index is 12.8. The van der Waals surface area contributed by atoms with Crippen molar-refractivity contribution in [2.45, 2.75) is 0 Å². The fourth-order valence-corrected chi connectivity index (χ4v) is 3.49. The molecule has 2 aliphatic rings. The van der Waals surface area contributed by atoms with Gasteiger partial charge in [-0.3, -0.25) is 9.78 Å². The molecule has 0 spiro atoms. The van der Waals surface area contributed by atoms with E-state index in [4.69, 9.17) is 9.47 Å². The molecule has 5 rings (SSSR count). The molecule has 1 amide bonds. The zero-order chi connectivity index (χ0) is 20.3. The normalized spacial score (nSPS) is 15.2. The van der Waals surface area contributed by atoms with E-state index in [1.807, 2.05) is 29.2 Å². The van der Waals surface area contributed by atoms with Crippen LogP contribution in [0.5, 0.6) is 11.5 Å². The van der Waals surface area contributed by atoms with Crippen LogP contribution in [0.4, 0.5) is 17.3 Å². The Kier molecular flexibility index (Phi) is 4.76. The van der Waals surface area contributed by atoms with E-state index in [0.717, 1.165) is 11.5 Å². The van der Waals surface area contributed by atoms with Crippen LogP contribution in [0.1, 0.15) is 10.4 Å². The number of carbonyl (C=O) groups is 1. The number of carbonyl (C=O) groups excluding carboxylic acids is 1. The molecule has 1 N–H and O–H groups in total. The summed E-state index contributed by atoms with van der Waals surface area (Å²) in [6.07, 6.45) is 3.43. The summed E-state index contributed by atoms with van der Waals surface area (Å²) in [6.45, 7) is 2.83. The first-order chi connectivity index (χ1) is 14.8. The first-order valence-electron chi connectivity index (χ1n) is 9.71. The molecule has 0 bridgehead atoms. The second-order valence-electron chi connectivity index (χ2n) is 6.98. The number of anilines is 3. The minimum Gasteiger partial charge on any atom is -0.454 e. The summed E-state index contributed by atoms with van der Waals surface area (Å²) in [7, 11) is 0. The molecule has 1 aromatic carbocycles. The number of pyridine rings is 1. The van der Waals surface area contributed by atoms with E-state index >= 15 is 0 Å². The van der Waals surface area contributed by atoms with E-state index in [2.05, 4.69) is 25.4 Å². The highest BCUT2D eigenvalue weighted by atomic mass is 16.7. The van der Waals surface area contributed by atoms with Gasteiger partial charge < -0.3 is 24.6 Å². The molecule has 0 aliphatic carbocycles. The number of piperazine rings is 1. The molecule has 9 heteroatoms. The quantitative estimate of drug-likeness (QED) is 0.708. The van der Waals surface area contributed by atoms with Gasteiger partial charge in [0, 0.05) is 49.8 Å². The molecule has 2 aliphatic heterocycles. The minimum absolute atomic E-state index is 0.00377. The third-order valence-corrected chi connectivity index (χ3v) is 5.11. The Labute approximate surface area is 173 Å². The lowest BCUT2D eigenvalue weighted by molar-refractivity contribution is 0.0746. The summed E-state index contributed by atoms with van der Waals surface area (Å²) in [5.74, 6) is 2.76. The van der Waals surface area contributed by atoms with Crippen LogP contribution in [0.2, 0.25) is 0 Å².